The summed E-state index contributed by atoms with van der Waals surface area (Å²) in [6.45, 7) is 6.40. The average molecular weight is 387 g/mol. The van der Waals surface area contributed by atoms with E-state index in [1.807, 2.05) is 12.1 Å². The molecule has 4 rings (SSSR count). The summed E-state index contributed by atoms with van der Waals surface area (Å²) in [5.74, 6) is 1.51. The third-order valence-electron chi connectivity index (χ3n) is 5.34. The Morgan fingerprint density at radius 3 is 2.17 bits per heavy atom. The van der Waals surface area contributed by atoms with Crippen LogP contribution in [0.5, 0.6) is 0 Å². The molecule has 146 valence electrons. The Morgan fingerprint density at radius 1 is 0.897 bits per heavy atom. The molecule has 0 aliphatic rings. The maximum atomic E-state index is 5.57. The first-order valence-corrected chi connectivity index (χ1v) is 9.26. The van der Waals surface area contributed by atoms with E-state index in [0.717, 1.165) is 16.7 Å². The normalized spacial score (nSPS) is 13.4. The van der Waals surface area contributed by atoms with Gasteiger partial charge >= 0.3 is 0 Å². The second kappa shape index (κ2) is 7.38. The van der Waals surface area contributed by atoms with Gasteiger partial charge in [-0.3, -0.25) is 0 Å². The molecule has 0 aliphatic heterocycles. The van der Waals surface area contributed by atoms with Crippen molar-refractivity contribution >= 4 is 5.95 Å². The molecule has 29 heavy (non-hydrogen) atoms. The maximum absolute atomic E-state index is 5.57. The Balaban J connectivity index is 1.70. The lowest BCUT2D eigenvalue weighted by atomic mass is 9.72. The van der Waals surface area contributed by atoms with Crippen LogP contribution in [0.3, 0.4) is 0 Å². The van der Waals surface area contributed by atoms with Gasteiger partial charge in [0.05, 0.1) is 11.0 Å². The number of benzene rings is 1. The number of aromatic nitrogens is 6. The Bertz CT molecular complexity index is 1090. The fourth-order valence-corrected chi connectivity index (χ4v) is 3.18. The molecule has 0 amide bonds. The highest BCUT2D eigenvalue weighted by molar-refractivity contribution is 5.62. The zero-order valence-electron chi connectivity index (χ0n) is 16.4. The van der Waals surface area contributed by atoms with Gasteiger partial charge in [-0.1, -0.05) is 43.3 Å². The van der Waals surface area contributed by atoms with Crippen LogP contribution in [-0.4, -0.2) is 30.1 Å². The molecule has 0 saturated carbocycles. The Kier molecular flexibility index (Phi) is 4.75. The van der Waals surface area contributed by atoms with E-state index in [0.29, 0.717) is 17.3 Å². The molecule has 0 aliphatic carbocycles. The summed E-state index contributed by atoms with van der Waals surface area (Å²) >= 11 is 0. The van der Waals surface area contributed by atoms with E-state index in [4.69, 9.17) is 10.3 Å². The van der Waals surface area contributed by atoms with Crippen LogP contribution in [0.15, 0.2) is 59.9 Å². The minimum Gasteiger partial charge on any atom is -0.368 e. The Hall–Kier alpha value is -3.68. The summed E-state index contributed by atoms with van der Waals surface area (Å²) in [5.41, 5.74) is 8.83. The summed E-state index contributed by atoms with van der Waals surface area (Å²) in [6, 6.07) is 8.23. The fraction of sp³-hybridized carbons (Fsp3) is 0.238. The zero-order valence-corrected chi connectivity index (χ0v) is 16.4. The first kappa shape index (κ1) is 18.7. The molecule has 1 aromatic carbocycles. The Labute approximate surface area is 168 Å². The van der Waals surface area contributed by atoms with Gasteiger partial charge in [0.2, 0.25) is 5.95 Å². The average Bonchev–Trinajstić information content (AvgIpc) is 3.25. The lowest BCUT2D eigenvalue weighted by Gasteiger charge is -2.31. The zero-order chi connectivity index (χ0) is 20.4. The van der Waals surface area contributed by atoms with Crippen LogP contribution in [-0.2, 0) is 5.41 Å². The molecule has 0 spiro atoms. The van der Waals surface area contributed by atoms with Crippen molar-refractivity contribution in [2.75, 3.05) is 5.73 Å². The molecule has 1 unspecified atom stereocenters. The van der Waals surface area contributed by atoms with Crippen LogP contribution in [0.2, 0.25) is 0 Å². The number of nitrogen functional groups attached to an aromatic ring is 1. The minimum atomic E-state index is -0.437. The third kappa shape index (κ3) is 3.44. The highest BCUT2D eigenvalue weighted by Crippen LogP contribution is 2.38. The predicted octanol–water partition coefficient (Wildman–Crippen LogP) is 3.53. The van der Waals surface area contributed by atoms with Crippen LogP contribution in [0.25, 0.3) is 22.6 Å². The molecule has 2 N–H and O–H groups in total. The number of rotatable bonds is 5. The van der Waals surface area contributed by atoms with E-state index in [2.05, 4.69) is 63.0 Å². The van der Waals surface area contributed by atoms with Crippen molar-refractivity contribution in [3.05, 3.63) is 66.8 Å². The summed E-state index contributed by atoms with van der Waals surface area (Å²) in [7, 11) is 0. The molecule has 0 radical (unpaired) electrons. The number of hydrogen-bond donors (Lipinski definition) is 1. The van der Waals surface area contributed by atoms with Gasteiger partial charge in [0.1, 0.15) is 6.33 Å². The summed E-state index contributed by atoms with van der Waals surface area (Å²) in [6.07, 6.45) is 8.20. The lowest BCUT2D eigenvalue weighted by molar-refractivity contribution is 0.350. The maximum Gasteiger partial charge on any atom is 0.261 e. The first-order valence-electron chi connectivity index (χ1n) is 9.26. The molecule has 0 bridgehead atoms. The number of hydrogen-bond acceptors (Lipinski definition) is 8. The van der Waals surface area contributed by atoms with E-state index in [1.165, 1.54) is 6.33 Å². The van der Waals surface area contributed by atoms with Crippen LogP contribution in [0.1, 0.15) is 32.2 Å². The first-order chi connectivity index (χ1) is 14.0. The predicted molar refractivity (Wildman–Crippen MR) is 108 cm³/mol. The summed E-state index contributed by atoms with van der Waals surface area (Å²) < 4.78 is 5.50. The van der Waals surface area contributed by atoms with Crippen molar-refractivity contribution in [1.29, 1.82) is 0 Å². The van der Waals surface area contributed by atoms with Crippen molar-refractivity contribution in [3.63, 3.8) is 0 Å². The highest BCUT2D eigenvalue weighted by atomic mass is 16.5. The molecule has 3 heterocycles. The minimum absolute atomic E-state index is 0.227. The molecular formula is C21H21N7O. The van der Waals surface area contributed by atoms with Gasteiger partial charge in [-0.25, -0.2) is 19.9 Å². The fourth-order valence-electron chi connectivity index (χ4n) is 3.18. The molecule has 0 fully saturated rings. The molecule has 8 nitrogen and oxygen atoms in total. The van der Waals surface area contributed by atoms with E-state index in [9.17, 15) is 0 Å². The van der Waals surface area contributed by atoms with E-state index < -0.39 is 5.41 Å². The molecule has 8 heteroatoms. The van der Waals surface area contributed by atoms with Gasteiger partial charge in [-0.2, -0.15) is 4.98 Å². The van der Waals surface area contributed by atoms with Gasteiger partial charge in [0.25, 0.3) is 5.89 Å². The molecule has 1 atom stereocenters. The monoisotopic (exact) mass is 387 g/mol. The van der Waals surface area contributed by atoms with Crippen LogP contribution >= 0.6 is 0 Å². The quantitative estimate of drug-likeness (QED) is 0.553. The second-order valence-corrected chi connectivity index (χ2v) is 7.31. The lowest BCUT2D eigenvalue weighted by Crippen LogP contribution is -2.31. The standard InChI is InChI=1S/C21H21N7O/c1-13(2)21(3,19-27-18(29-28-19)16-8-23-12-24-9-16)17-6-4-14(5-7-17)15-10-25-20(22)26-11-15/h4-13H,1-3H3,(H2,22,25,26). The second-order valence-electron chi connectivity index (χ2n) is 7.31. The van der Waals surface area contributed by atoms with E-state index in [-0.39, 0.29) is 11.9 Å². The smallest absolute Gasteiger partial charge is 0.261 e. The van der Waals surface area contributed by atoms with Crippen molar-refractivity contribution in [1.82, 2.24) is 30.1 Å². The number of anilines is 1. The topological polar surface area (TPSA) is 116 Å². The number of nitrogens with two attached hydrogens (primary N) is 1. The molecule has 3 aromatic heterocycles. The molecular weight excluding hydrogens is 366 g/mol. The van der Waals surface area contributed by atoms with Crippen molar-refractivity contribution in [2.45, 2.75) is 26.2 Å². The third-order valence-corrected chi connectivity index (χ3v) is 5.34. The van der Waals surface area contributed by atoms with Crippen LogP contribution in [0.4, 0.5) is 5.95 Å². The van der Waals surface area contributed by atoms with Gasteiger partial charge in [0, 0.05) is 30.4 Å². The van der Waals surface area contributed by atoms with E-state index in [1.54, 1.807) is 24.8 Å². The van der Waals surface area contributed by atoms with Gasteiger partial charge in [-0.15, -0.1) is 0 Å². The van der Waals surface area contributed by atoms with Gasteiger partial charge < -0.3 is 10.3 Å². The van der Waals surface area contributed by atoms with Crippen LogP contribution < -0.4 is 5.73 Å². The summed E-state index contributed by atoms with van der Waals surface area (Å²) in [4.78, 5) is 20.8. The molecule has 4 aromatic rings. The highest BCUT2D eigenvalue weighted by Gasteiger charge is 2.37. The van der Waals surface area contributed by atoms with Gasteiger partial charge in [0.15, 0.2) is 5.82 Å². The van der Waals surface area contributed by atoms with E-state index >= 15 is 0 Å². The Morgan fingerprint density at radius 2 is 1.55 bits per heavy atom. The largest absolute Gasteiger partial charge is 0.368 e. The van der Waals surface area contributed by atoms with Crippen LogP contribution in [0, 0.1) is 5.92 Å². The van der Waals surface area contributed by atoms with Gasteiger partial charge in [-0.05, 0) is 24.0 Å². The summed E-state index contributed by atoms with van der Waals surface area (Å²) in [5, 5.41) is 4.28. The van der Waals surface area contributed by atoms with Crippen molar-refractivity contribution in [2.24, 2.45) is 5.92 Å². The SMILES string of the molecule is CC(C)C(C)(c1ccc(-c2cnc(N)nc2)cc1)c1noc(-c2cncnc2)n1. The van der Waals surface area contributed by atoms with Crippen molar-refractivity contribution < 1.29 is 4.52 Å². The number of nitrogens with zero attached hydrogens (tertiary/aromatic N) is 6. The molecule has 0 saturated heterocycles. The van der Waals surface area contributed by atoms with Crippen molar-refractivity contribution in [3.8, 4) is 22.6 Å².